The Morgan fingerprint density at radius 3 is 2.44 bits per heavy atom. The third-order valence-corrected chi connectivity index (χ3v) is 3.09. The molecule has 0 aliphatic heterocycles. The van der Waals surface area contributed by atoms with Crippen LogP contribution in [0.3, 0.4) is 0 Å². The first-order valence-electron chi connectivity index (χ1n) is 6.68. The Morgan fingerprint density at radius 1 is 1.22 bits per heavy atom. The Labute approximate surface area is 111 Å². The number of hydrogen-bond acceptors (Lipinski definition) is 3. The van der Waals surface area contributed by atoms with Gasteiger partial charge in [0.2, 0.25) is 0 Å². The van der Waals surface area contributed by atoms with Crippen molar-refractivity contribution in [1.29, 1.82) is 0 Å². The van der Waals surface area contributed by atoms with Gasteiger partial charge in [0.25, 0.3) is 0 Å². The molecule has 0 bridgehead atoms. The van der Waals surface area contributed by atoms with Crippen LogP contribution in [0, 0.1) is 0 Å². The fraction of sp³-hybridized carbons (Fsp3) is 0.733. The minimum atomic E-state index is -0.0774. The molecule has 3 nitrogen and oxygen atoms in total. The smallest absolute Gasteiger partial charge is 0.123 e. The molecule has 1 N–H and O–H groups in total. The van der Waals surface area contributed by atoms with Gasteiger partial charge in [0, 0.05) is 11.1 Å². The van der Waals surface area contributed by atoms with Crippen LogP contribution >= 0.6 is 0 Å². The number of hydrogen-bond donors (Lipinski definition) is 1. The summed E-state index contributed by atoms with van der Waals surface area (Å²) in [4.78, 5) is 0. The zero-order chi connectivity index (χ0) is 13.8. The molecule has 0 saturated heterocycles. The summed E-state index contributed by atoms with van der Waals surface area (Å²) in [6.07, 6.45) is 2.73. The minimum absolute atomic E-state index is 0.0774. The number of nitrogens with one attached hydrogen (secondary N) is 1. The molecule has 1 heterocycles. The van der Waals surface area contributed by atoms with Gasteiger partial charge in [0.05, 0.1) is 25.0 Å². The van der Waals surface area contributed by atoms with Gasteiger partial charge in [0.1, 0.15) is 5.76 Å². The highest BCUT2D eigenvalue weighted by Crippen LogP contribution is 2.19. The molecule has 0 amide bonds. The largest absolute Gasteiger partial charge is 0.468 e. The van der Waals surface area contributed by atoms with Crippen molar-refractivity contribution in [3.63, 3.8) is 0 Å². The highest BCUT2D eigenvalue weighted by Gasteiger charge is 2.18. The van der Waals surface area contributed by atoms with E-state index in [-0.39, 0.29) is 11.1 Å². The predicted octanol–water partition coefficient (Wildman–Crippen LogP) is 3.87. The van der Waals surface area contributed by atoms with Crippen LogP contribution in [0.4, 0.5) is 0 Å². The lowest BCUT2D eigenvalue weighted by Crippen LogP contribution is -2.35. The van der Waals surface area contributed by atoms with Gasteiger partial charge in [-0.2, -0.15) is 0 Å². The Hall–Kier alpha value is -0.800. The molecule has 0 fully saturated rings. The van der Waals surface area contributed by atoms with Crippen molar-refractivity contribution in [2.75, 3.05) is 0 Å². The molecule has 3 heteroatoms. The van der Waals surface area contributed by atoms with Gasteiger partial charge in [-0.15, -0.1) is 0 Å². The van der Waals surface area contributed by atoms with Gasteiger partial charge in [-0.05, 0) is 47.1 Å². The Bertz CT molecular complexity index is 361. The van der Waals surface area contributed by atoms with Crippen LogP contribution in [0.5, 0.6) is 0 Å². The van der Waals surface area contributed by atoms with Gasteiger partial charge < -0.3 is 14.5 Å². The normalized spacial score (nSPS) is 13.0. The highest BCUT2D eigenvalue weighted by molar-refractivity contribution is 5.16. The van der Waals surface area contributed by atoms with Crippen LogP contribution in [0.25, 0.3) is 0 Å². The van der Waals surface area contributed by atoms with Gasteiger partial charge in [0.15, 0.2) is 0 Å². The van der Waals surface area contributed by atoms with Crippen molar-refractivity contribution in [3.05, 3.63) is 23.7 Å². The monoisotopic (exact) mass is 253 g/mol. The predicted molar refractivity (Wildman–Crippen MR) is 74.5 cm³/mol. The molecule has 0 aliphatic carbocycles. The van der Waals surface area contributed by atoms with E-state index in [1.54, 1.807) is 6.26 Å². The summed E-state index contributed by atoms with van der Waals surface area (Å²) in [5.74, 6) is 0.969. The van der Waals surface area contributed by atoms with Gasteiger partial charge in [-0.25, -0.2) is 0 Å². The quantitative estimate of drug-likeness (QED) is 0.835. The van der Waals surface area contributed by atoms with Crippen molar-refractivity contribution in [3.8, 4) is 0 Å². The molecule has 0 unspecified atom stereocenters. The van der Waals surface area contributed by atoms with E-state index in [1.807, 2.05) is 6.07 Å². The van der Waals surface area contributed by atoms with Gasteiger partial charge in [-0.1, -0.05) is 6.92 Å². The SMILES string of the molecule is CCC(C)(C)OCc1ccoc1CNC(C)(C)C. The maximum absolute atomic E-state index is 5.91. The lowest BCUT2D eigenvalue weighted by Gasteiger charge is -2.24. The van der Waals surface area contributed by atoms with E-state index in [9.17, 15) is 0 Å². The van der Waals surface area contributed by atoms with Crippen molar-refractivity contribution >= 4 is 0 Å². The van der Waals surface area contributed by atoms with E-state index in [0.29, 0.717) is 6.61 Å². The zero-order valence-corrected chi connectivity index (χ0v) is 12.6. The highest BCUT2D eigenvalue weighted by atomic mass is 16.5. The van der Waals surface area contributed by atoms with Crippen LogP contribution in [0.15, 0.2) is 16.7 Å². The third-order valence-electron chi connectivity index (χ3n) is 3.09. The zero-order valence-electron chi connectivity index (χ0n) is 12.6. The van der Waals surface area contributed by atoms with E-state index in [2.05, 4.69) is 46.9 Å². The maximum Gasteiger partial charge on any atom is 0.123 e. The Morgan fingerprint density at radius 2 is 1.89 bits per heavy atom. The average Bonchev–Trinajstić information content (AvgIpc) is 2.70. The molecule has 0 aliphatic rings. The fourth-order valence-corrected chi connectivity index (χ4v) is 1.37. The molecule has 1 aromatic rings. The van der Waals surface area contributed by atoms with Crippen LogP contribution in [-0.4, -0.2) is 11.1 Å². The second-order valence-electron chi connectivity index (χ2n) is 6.37. The first kappa shape index (κ1) is 15.3. The molecule has 1 rings (SSSR count). The molecular weight excluding hydrogens is 226 g/mol. The summed E-state index contributed by atoms with van der Waals surface area (Å²) >= 11 is 0. The molecule has 0 aromatic carbocycles. The number of ether oxygens (including phenoxy) is 1. The van der Waals surface area contributed by atoms with E-state index >= 15 is 0 Å². The average molecular weight is 253 g/mol. The summed E-state index contributed by atoms with van der Waals surface area (Å²) < 4.78 is 11.4. The summed E-state index contributed by atoms with van der Waals surface area (Å²) in [6.45, 7) is 14.1. The third kappa shape index (κ3) is 5.23. The summed E-state index contributed by atoms with van der Waals surface area (Å²) in [5, 5.41) is 3.43. The first-order chi connectivity index (χ1) is 8.23. The number of rotatable bonds is 6. The summed E-state index contributed by atoms with van der Waals surface area (Å²) in [6, 6.07) is 1.99. The van der Waals surface area contributed by atoms with Crippen LogP contribution in [-0.2, 0) is 17.9 Å². The second kappa shape index (κ2) is 5.89. The van der Waals surface area contributed by atoms with Gasteiger partial charge >= 0.3 is 0 Å². The van der Waals surface area contributed by atoms with E-state index in [0.717, 1.165) is 24.3 Å². The van der Waals surface area contributed by atoms with Crippen LogP contribution < -0.4 is 5.32 Å². The molecule has 0 spiro atoms. The molecule has 0 radical (unpaired) electrons. The van der Waals surface area contributed by atoms with Crippen molar-refractivity contribution in [2.45, 2.75) is 72.3 Å². The molecule has 0 saturated carbocycles. The van der Waals surface area contributed by atoms with Crippen molar-refractivity contribution in [1.82, 2.24) is 5.32 Å². The van der Waals surface area contributed by atoms with Crippen LogP contribution in [0.2, 0.25) is 0 Å². The number of furan rings is 1. The fourth-order valence-electron chi connectivity index (χ4n) is 1.37. The van der Waals surface area contributed by atoms with E-state index in [1.165, 1.54) is 0 Å². The Balaban J connectivity index is 2.55. The van der Waals surface area contributed by atoms with Crippen LogP contribution in [0.1, 0.15) is 59.3 Å². The van der Waals surface area contributed by atoms with E-state index < -0.39 is 0 Å². The summed E-state index contributed by atoms with van der Waals surface area (Å²) in [5.41, 5.74) is 1.15. The molecule has 1 aromatic heterocycles. The standard InChI is InChI=1S/C15H27NO2/c1-7-15(5,6)18-11-12-8-9-17-13(12)10-16-14(2,3)4/h8-9,16H,7,10-11H2,1-6H3. The molecule has 18 heavy (non-hydrogen) atoms. The van der Waals surface area contributed by atoms with E-state index in [4.69, 9.17) is 9.15 Å². The second-order valence-corrected chi connectivity index (χ2v) is 6.37. The topological polar surface area (TPSA) is 34.4 Å². The van der Waals surface area contributed by atoms with Crippen molar-refractivity contribution in [2.24, 2.45) is 0 Å². The molecular formula is C15H27NO2. The van der Waals surface area contributed by atoms with Gasteiger partial charge in [-0.3, -0.25) is 0 Å². The van der Waals surface area contributed by atoms with Crippen molar-refractivity contribution < 1.29 is 9.15 Å². The Kier molecular flexibility index (Phi) is 5.00. The molecule has 0 atom stereocenters. The summed E-state index contributed by atoms with van der Waals surface area (Å²) in [7, 11) is 0. The first-order valence-corrected chi connectivity index (χ1v) is 6.68. The minimum Gasteiger partial charge on any atom is -0.468 e. The maximum atomic E-state index is 5.91. The lowest BCUT2D eigenvalue weighted by molar-refractivity contribution is -0.0321. The molecule has 104 valence electrons. The lowest BCUT2D eigenvalue weighted by atomic mass is 10.1.